The van der Waals surface area contributed by atoms with E-state index in [9.17, 15) is 9.59 Å². The molecular formula is C24H32N6O4. The molecule has 3 heterocycles. The van der Waals surface area contributed by atoms with Gasteiger partial charge in [-0.05, 0) is 38.0 Å². The average Bonchev–Trinajstić information content (AvgIpc) is 3.24. The van der Waals surface area contributed by atoms with Crippen LogP contribution in [0.5, 0.6) is 0 Å². The fraction of sp³-hybridized carbons (Fsp3) is 0.500. The third-order valence-corrected chi connectivity index (χ3v) is 5.58. The third kappa shape index (κ3) is 6.34. The number of piperazine rings is 1. The summed E-state index contributed by atoms with van der Waals surface area (Å²) >= 11 is 0. The van der Waals surface area contributed by atoms with E-state index in [0.29, 0.717) is 44.6 Å². The first-order valence-electron chi connectivity index (χ1n) is 11.6. The molecule has 2 aliphatic rings. The fourth-order valence-electron chi connectivity index (χ4n) is 3.80. The number of nitrogens with one attached hydrogen (secondary N) is 1. The SMILES string of the molecule is CC(C)(C)OC(=O)N1CCN(Cc2ccc(CNc3nccc(N4CCOC4=O)n3)cc2)CC1. The predicted octanol–water partition coefficient (Wildman–Crippen LogP) is 3.10. The predicted molar refractivity (Wildman–Crippen MR) is 128 cm³/mol. The van der Waals surface area contributed by atoms with Gasteiger partial charge in [0.15, 0.2) is 0 Å². The van der Waals surface area contributed by atoms with Gasteiger partial charge >= 0.3 is 12.2 Å². The lowest BCUT2D eigenvalue weighted by Gasteiger charge is -2.35. The highest BCUT2D eigenvalue weighted by Gasteiger charge is 2.26. The van der Waals surface area contributed by atoms with Gasteiger partial charge in [0, 0.05) is 45.5 Å². The summed E-state index contributed by atoms with van der Waals surface area (Å²) in [6.07, 6.45) is 1.01. The molecule has 182 valence electrons. The van der Waals surface area contributed by atoms with Gasteiger partial charge in [-0.15, -0.1) is 0 Å². The van der Waals surface area contributed by atoms with Gasteiger partial charge in [-0.1, -0.05) is 24.3 Å². The standard InChI is InChI=1S/C24H32N6O4/c1-24(2,3)34-22(31)29-12-10-28(11-13-29)17-19-6-4-18(5-7-19)16-26-21-25-9-8-20(27-21)30-14-15-33-23(30)32/h4-9H,10-17H2,1-3H3,(H,25,26,27). The van der Waals surface area contributed by atoms with Crippen molar-refractivity contribution in [1.29, 1.82) is 0 Å². The van der Waals surface area contributed by atoms with Crippen molar-refractivity contribution in [3.63, 3.8) is 0 Å². The minimum atomic E-state index is -0.471. The molecule has 1 N–H and O–H groups in total. The Kier molecular flexibility index (Phi) is 7.16. The molecule has 0 radical (unpaired) electrons. The lowest BCUT2D eigenvalue weighted by atomic mass is 10.1. The molecule has 2 saturated heterocycles. The number of nitrogens with zero attached hydrogens (tertiary/aromatic N) is 5. The van der Waals surface area contributed by atoms with E-state index in [1.165, 1.54) is 10.5 Å². The van der Waals surface area contributed by atoms with Crippen LogP contribution < -0.4 is 10.2 Å². The first-order chi connectivity index (χ1) is 16.3. The number of benzene rings is 1. The zero-order valence-electron chi connectivity index (χ0n) is 20.0. The summed E-state index contributed by atoms with van der Waals surface area (Å²) < 4.78 is 10.4. The van der Waals surface area contributed by atoms with Gasteiger partial charge in [0.2, 0.25) is 5.95 Å². The van der Waals surface area contributed by atoms with Crippen LogP contribution in [-0.2, 0) is 22.6 Å². The summed E-state index contributed by atoms with van der Waals surface area (Å²) in [6, 6.07) is 10.1. The van der Waals surface area contributed by atoms with Gasteiger partial charge in [0.1, 0.15) is 18.0 Å². The Labute approximate surface area is 199 Å². The van der Waals surface area contributed by atoms with Crippen molar-refractivity contribution in [1.82, 2.24) is 19.8 Å². The Hall–Kier alpha value is -3.40. The second-order valence-electron chi connectivity index (χ2n) is 9.42. The van der Waals surface area contributed by atoms with Crippen LogP contribution in [0.2, 0.25) is 0 Å². The van der Waals surface area contributed by atoms with Gasteiger partial charge in [-0.2, -0.15) is 4.98 Å². The van der Waals surface area contributed by atoms with Crippen molar-refractivity contribution >= 4 is 24.0 Å². The zero-order chi connectivity index (χ0) is 24.1. The number of carbonyl (C=O) groups excluding carboxylic acids is 2. The number of hydrogen-bond donors (Lipinski definition) is 1. The van der Waals surface area contributed by atoms with Crippen LogP contribution in [-0.4, -0.2) is 76.9 Å². The van der Waals surface area contributed by atoms with Crippen molar-refractivity contribution in [3.8, 4) is 0 Å². The molecule has 2 aromatic rings. The lowest BCUT2D eigenvalue weighted by molar-refractivity contribution is 0.0139. The number of ether oxygens (including phenoxy) is 2. The van der Waals surface area contributed by atoms with Crippen LogP contribution in [0.15, 0.2) is 36.5 Å². The number of carbonyl (C=O) groups is 2. The van der Waals surface area contributed by atoms with Crippen molar-refractivity contribution in [2.75, 3.05) is 49.5 Å². The van der Waals surface area contributed by atoms with E-state index >= 15 is 0 Å². The van der Waals surface area contributed by atoms with E-state index in [1.54, 1.807) is 17.2 Å². The van der Waals surface area contributed by atoms with E-state index in [-0.39, 0.29) is 12.2 Å². The summed E-state index contributed by atoms with van der Waals surface area (Å²) in [5.74, 6) is 0.992. The Morgan fingerprint density at radius 1 is 1.06 bits per heavy atom. The van der Waals surface area contributed by atoms with Crippen molar-refractivity contribution in [3.05, 3.63) is 47.7 Å². The van der Waals surface area contributed by atoms with Gasteiger partial charge in [0.05, 0.1) is 6.54 Å². The summed E-state index contributed by atoms with van der Waals surface area (Å²) in [4.78, 5) is 38.2. The van der Waals surface area contributed by atoms with Gasteiger partial charge in [0.25, 0.3) is 0 Å². The average molecular weight is 469 g/mol. The summed E-state index contributed by atoms with van der Waals surface area (Å²) in [7, 11) is 0. The molecule has 0 bridgehead atoms. The quantitative estimate of drug-likeness (QED) is 0.690. The highest BCUT2D eigenvalue weighted by molar-refractivity contribution is 5.88. The number of aromatic nitrogens is 2. The van der Waals surface area contributed by atoms with E-state index in [2.05, 4.69) is 44.5 Å². The second-order valence-corrected chi connectivity index (χ2v) is 9.42. The zero-order valence-corrected chi connectivity index (χ0v) is 20.0. The van der Waals surface area contributed by atoms with E-state index in [0.717, 1.165) is 25.2 Å². The highest BCUT2D eigenvalue weighted by atomic mass is 16.6. The molecule has 10 nitrogen and oxygen atoms in total. The second kappa shape index (κ2) is 10.3. The smallest absolute Gasteiger partial charge is 0.415 e. The van der Waals surface area contributed by atoms with E-state index < -0.39 is 5.60 Å². The molecule has 0 aliphatic carbocycles. The lowest BCUT2D eigenvalue weighted by Crippen LogP contribution is -2.49. The molecule has 1 aromatic carbocycles. The molecule has 34 heavy (non-hydrogen) atoms. The van der Waals surface area contributed by atoms with Gasteiger partial charge in [-0.3, -0.25) is 9.80 Å². The maximum absolute atomic E-state index is 12.2. The van der Waals surface area contributed by atoms with Crippen LogP contribution in [0.3, 0.4) is 0 Å². The molecule has 2 aliphatic heterocycles. The maximum Gasteiger partial charge on any atom is 0.415 e. The Bertz CT molecular complexity index is 999. The minimum Gasteiger partial charge on any atom is -0.447 e. The molecule has 0 spiro atoms. The Balaban J connectivity index is 1.24. The van der Waals surface area contributed by atoms with Crippen LogP contribution in [0, 0.1) is 0 Å². The molecule has 2 fully saturated rings. The molecule has 0 atom stereocenters. The van der Waals surface area contributed by atoms with E-state index in [1.807, 2.05) is 20.8 Å². The normalized spacial score (nSPS) is 17.0. The van der Waals surface area contributed by atoms with Crippen LogP contribution in [0.1, 0.15) is 31.9 Å². The molecule has 2 amide bonds. The number of amides is 2. The van der Waals surface area contributed by atoms with Crippen LogP contribution in [0.25, 0.3) is 0 Å². The molecule has 0 saturated carbocycles. The minimum absolute atomic E-state index is 0.237. The molecule has 1 aromatic heterocycles. The van der Waals surface area contributed by atoms with Gasteiger partial charge < -0.3 is 19.7 Å². The number of cyclic esters (lactones) is 1. The molecular weight excluding hydrogens is 436 g/mol. The summed E-state index contributed by atoms with van der Waals surface area (Å²) in [5, 5.41) is 3.21. The summed E-state index contributed by atoms with van der Waals surface area (Å²) in [6.45, 7) is 10.9. The number of hydrogen-bond acceptors (Lipinski definition) is 8. The fourth-order valence-corrected chi connectivity index (χ4v) is 3.80. The maximum atomic E-state index is 12.2. The number of anilines is 2. The van der Waals surface area contributed by atoms with Crippen molar-refractivity contribution in [2.45, 2.75) is 39.5 Å². The van der Waals surface area contributed by atoms with E-state index in [4.69, 9.17) is 9.47 Å². The molecule has 0 unspecified atom stereocenters. The van der Waals surface area contributed by atoms with Crippen LogP contribution >= 0.6 is 0 Å². The largest absolute Gasteiger partial charge is 0.447 e. The van der Waals surface area contributed by atoms with Gasteiger partial charge in [-0.25, -0.2) is 14.6 Å². The monoisotopic (exact) mass is 468 g/mol. The first kappa shape index (κ1) is 23.7. The number of rotatable bonds is 6. The highest BCUT2D eigenvalue weighted by Crippen LogP contribution is 2.18. The Morgan fingerprint density at radius 2 is 1.76 bits per heavy atom. The molecule has 4 rings (SSSR count). The third-order valence-electron chi connectivity index (χ3n) is 5.58. The Morgan fingerprint density at radius 3 is 2.41 bits per heavy atom. The molecule has 10 heteroatoms. The van der Waals surface area contributed by atoms with Crippen LogP contribution in [0.4, 0.5) is 21.4 Å². The van der Waals surface area contributed by atoms with Crippen molar-refractivity contribution < 1.29 is 19.1 Å². The first-order valence-corrected chi connectivity index (χ1v) is 11.6. The topological polar surface area (TPSA) is 100 Å². The van der Waals surface area contributed by atoms with Crippen molar-refractivity contribution in [2.24, 2.45) is 0 Å². The summed E-state index contributed by atoms with van der Waals surface area (Å²) in [5.41, 5.74) is 1.86.